The topological polar surface area (TPSA) is 97.6 Å². The summed E-state index contributed by atoms with van der Waals surface area (Å²) in [5.41, 5.74) is 1.67. The number of nitrogens with one attached hydrogen (secondary N) is 1. The number of benzene rings is 3. The third kappa shape index (κ3) is 6.36. The molecule has 0 bridgehead atoms. The van der Waals surface area contributed by atoms with Crippen molar-refractivity contribution in [3.63, 3.8) is 0 Å². The SMILES string of the molecule is CCOc1cc(/C=C(\C#N)C(=O)Nc2c(C)cccc2Cl)cc(Cl)c1OC(=O)c1ccc(OC)cc1. The zero-order valence-corrected chi connectivity index (χ0v) is 21.2. The molecule has 0 fully saturated rings. The van der Waals surface area contributed by atoms with E-state index in [4.69, 9.17) is 37.4 Å². The van der Waals surface area contributed by atoms with Crippen LogP contribution in [0.15, 0.2) is 60.2 Å². The minimum Gasteiger partial charge on any atom is -0.497 e. The first-order valence-corrected chi connectivity index (χ1v) is 11.5. The number of anilines is 1. The lowest BCUT2D eigenvalue weighted by molar-refractivity contribution is -0.112. The van der Waals surface area contributed by atoms with Gasteiger partial charge in [-0.1, -0.05) is 35.3 Å². The molecule has 1 N–H and O–H groups in total. The fourth-order valence-corrected chi connectivity index (χ4v) is 3.73. The lowest BCUT2D eigenvalue weighted by Crippen LogP contribution is -2.14. The van der Waals surface area contributed by atoms with Gasteiger partial charge in [-0.2, -0.15) is 5.26 Å². The summed E-state index contributed by atoms with van der Waals surface area (Å²) in [6.45, 7) is 3.80. The smallest absolute Gasteiger partial charge is 0.343 e. The van der Waals surface area contributed by atoms with Gasteiger partial charge in [-0.15, -0.1) is 0 Å². The minimum atomic E-state index is -0.643. The van der Waals surface area contributed by atoms with E-state index in [-0.39, 0.29) is 34.3 Å². The number of hydrogen-bond acceptors (Lipinski definition) is 6. The van der Waals surface area contributed by atoms with Gasteiger partial charge in [0.05, 0.1) is 35.0 Å². The maximum absolute atomic E-state index is 12.8. The summed E-state index contributed by atoms with van der Waals surface area (Å²) in [6.07, 6.45) is 1.35. The number of rotatable bonds is 8. The van der Waals surface area contributed by atoms with Crippen molar-refractivity contribution in [3.05, 3.63) is 86.9 Å². The number of ether oxygens (including phenoxy) is 3. The third-order valence-corrected chi connectivity index (χ3v) is 5.58. The number of para-hydroxylation sites is 1. The zero-order chi connectivity index (χ0) is 26.2. The van der Waals surface area contributed by atoms with E-state index in [9.17, 15) is 14.9 Å². The van der Waals surface area contributed by atoms with Crippen LogP contribution in [-0.2, 0) is 4.79 Å². The molecule has 7 nitrogen and oxygen atoms in total. The lowest BCUT2D eigenvalue weighted by Gasteiger charge is -2.14. The Hall–Kier alpha value is -3.99. The molecule has 0 radical (unpaired) electrons. The number of carbonyl (C=O) groups excluding carboxylic acids is 2. The van der Waals surface area contributed by atoms with E-state index < -0.39 is 11.9 Å². The zero-order valence-electron chi connectivity index (χ0n) is 19.7. The number of nitriles is 1. The first-order chi connectivity index (χ1) is 17.3. The second kappa shape index (κ2) is 12.1. The van der Waals surface area contributed by atoms with Crippen LogP contribution in [0, 0.1) is 18.3 Å². The van der Waals surface area contributed by atoms with Crippen molar-refractivity contribution in [2.24, 2.45) is 0 Å². The Morgan fingerprint density at radius 3 is 2.42 bits per heavy atom. The summed E-state index contributed by atoms with van der Waals surface area (Å²) in [4.78, 5) is 25.4. The average Bonchev–Trinajstić information content (AvgIpc) is 2.86. The number of hydrogen-bond donors (Lipinski definition) is 1. The highest BCUT2D eigenvalue weighted by Gasteiger charge is 2.19. The highest BCUT2D eigenvalue weighted by molar-refractivity contribution is 6.34. The van der Waals surface area contributed by atoms with Crippen molar-refractivity contribution in [2.45, 2.75) is 13.8 Å². The van der Waals surface area contributed by atoms with Gasteiger partial charge in [0.15, 0.2) is 11.5 Å². The Balaban J connectivity index is 1.90. The van der Waals surface area contributed by atoms with Crippen LogP contribution >= 0.6 is 23.2 Å². The number of methoxy groups -OCH3 is 1. The molecule has 0 aliphatic rings. The number of amides is 1. The van der Waals surface area contributed by atoms with Crippen molar-refractivity contribution in [1.29, 1.82) is 5.26 Å². The van der Waals surface area contributed by atoms with Crippen LogP contribution in [0.3, 0.4) is 0 Å². The molecule has 0 saturated carbocycles. The third-order valence-electron chi connectivity index (χ3n) is 4.99. The molecule has 36 heavy (non-hydrogen) atoms. The molecule has 0 spiro atoms. The molecule has 0 saturated heterocycles. The van der Waals surface area contributed by atoms with Gasteiger partial charge in [0.2, 0.25) is 0 Å². The van der Waals surface area contributed by atoms with Gasteiger partial charge < -0.3 is 19.5 Å². The second-order valence-electron chi connectivity index (χ2n) is 7.44. The predicted molar refractivity (Wildman–Crippen MR) is 139 cm³/mol. The van der Waals surface area contributed by atoms with Crippen molar-refractivity contribution < 1.29 is 23.8 Å². The van der Waals surface area contributed by atoms with Gasteiger partial charge in [0, 0.05) is 0 Å². The van der Waals surface area contributed by atoms with Gasteiger partial charge >= 0.3 is 5.97 Å². The summed E-state index contributed by atoms with van der Waals surface area (Å²) in [5.74, 6) is -0.490. The van der Waals surface area contributed by atoms with E-state index in [1.807, 2.05) is 6.07 Å². The summed E-state index contributed by atoms with van der Waals surface area (Å²) >= 11 is 12.6. The highest BCUT2D eigenvalue weighted by atomic mass is 35.5. The fraction of sp³-hybridized carbons (Fsp3) is 0.148. The van der Waals surface area contributed by atoms with Crippen LogP contribution in [0.25, 0.3) is 6.08 Å². The number of halogens is 2. The fourth-order valence-electron chi connectivity index (χ4n) is 3.20. The lowest BCUT2D eigenvalue weighted by atomic mass is 10.1. The molecule has 0 heterocycles. The summed E-state index contributed by atoms with van der Waals surface area (Å²) < 4.78 is 16.2. The van der Waals surface area contributed by atoms with Crippen LogP contribution in [0.2, 0.25) is 10.0 Å². The molecule has 3 rings (SSSR count). The second-order valence-corrected chi connectivity index (χ2v) is 8.25. The molecule has 0 aliphatic carbocycles. The number of esters is 1. The first-order valence-electron chi connectivity index (χ1n) is 10.8. The molecular weight excluding hydrogens is 503 g/mol. The molecule has 3 aromatic rings. The van der Waals surface area contributed by atoms with Crippen molar-refractivity contribution in [1.82, 2.24) is 0 Å². The predicted octanol–water partition coefficient (Wildman–Crippen LogP) is 6.47. The molecule has 184 valence electrons. The van der Waals surface area contributed by atoms with Gasteiger partial charge in [-0.3, -0.25) is 4.79 Å². The molecule has 1 amide bonds. The molecule has 0 aromatic heterocycles. The van der Waals surface area contributed by atoms with Crippen molar-refractivity contribution >= 4 is 46.8 Å². The van der Waals surface area contributed by atoms with E-state index in [0.29, 0.717) is 22.0 Å². The van der Waals surface area contributed by atoms with Crippen molar-refractivity contribution in [2.75, 3.05) is 19.0 Å². The van der Waals surface area contributed by atoms with Crippen LogP contribution in [0.4, 0.5) is 5.69 Å². The van der Waals surface area contributed by atoms with Gasteiger partial charge in [0.25, 0.3) is 5.91 Å². The molecule has 3 aromatic carbocycles. The summed E-state index contributed by atoms with van der Waals surface area (Å²) in [6, 6.07) is 16.4. The molecule has 9 heteroatoms. The monoisotopic (exact) mass is 524 g/mol. The Morgan fingerprint density at radius 1 is 1.08 bits per heavy atom. The minimum absolute atomic E-state index is 0.0196. The van der Waals surface area contributed by atoms with Gasteiger partial charge in [-0.05, 0) is 73.5 Å². The maximum atomic E-state index is 12.8. The van der Waals surface area contributed by atoms with E-state index in [2.05, 4.69) is 5.32 Å². The Kier molecular flexibility index (Phi) is 8.96. The Bertz CT molecular complexity index is 1340. The molecular formula is C27H22Cl2N2O5. The Labute approximate surface area is 218 Å². The van der Waals surface area contributed by atoms with Gasteiger partial charge in [0.1, 0.15) is 17.4 Å². The average molecular weight is 525 g/mol. The number of carbonyl (C=O) groups is 2. The highest BCUT2D eigenvalue weighted by Crippen LogP contribution is 2.38. The summed E-state index contributed by atoms with van der Waals surface area (Å²) in [5, 5.41) is 12.7. The van der Waals surface area contributed by atoms with Gasteiger partial charge in [-0.25, -0.2) is 4.79 Å². The normalized spacial score (nSPS) is 10.8. The van der Waals surface area contributed by atoms with E-state index in [1.165, 1.54) is 25.3 Å². The maximum Gasteiger partial charge on any atom is 0.343 e. The first kappa shape index (κ1) is 26.6. The molecule has 0 aliphatic heterocycles. The van der Waals surface area contributed by atoms with Crippen LogP contribution in [-0.4, -0.2) is 25.6 Å². The van der Waals surface area contributed by atoms with Crippen LogP contribution < -0.4 is 19.5 Å². The van der Waals surface area contributed by atoms with Crippen molar-refractivity contribution in [3.8, 4) is 23.3 Å². The Morgan fingerprint density at radius 2 is 1.81 bits per heavy atom. The van der Waals surface area contributed by atoms with E-state index in [1.54, 1.807) is 56.3 Å². The molecule has 0 unspecified atom stereocenters. The quantitative estimate of drug-likeness (QED) is 0.157. The number of aryl methyl sites for hydroxylation is 1. The van der Waals surface area contributed by atoms with Crippen LogP contribution in [0.1, 0.15) is 28.4 Å². The molecule has 0 atom stereocenters. The van der Waals surface area contributed by atoms with E-state index >= 15 is 0 Å². The number of nitrogens with zero attached hydrogens (tertiary/aromatic N) is 1. The largest absolute Gasteiger partial charge is 0.497 e. The standard InChI is InChI=1S/C27H22Cl2N2O5/c1-4-35-23-14-17(12-19(15-30)26(32)31-24-16(2)6-5-7-21(24)28)13-22(29)25(23)36-27(33)18-8-10-20(34-3)11-9-18/h5-14H,4H2,1-3H3,(H,31,32)/b19-12+. The van der Waals surface area contributed by atoms with E-state index in [0.717, 1.165) is 5.56 Å². The summed E-state index contributed by atoms with van der Waals surface area (Å²) in [7, 11) is 1.52. The van der Waals surface area contributed by atoms with Crippen LogP contribution in [0.5, 0.6) is 17.2 Å².